The van der Waals surface area contributed by atoms with E-state index in [1.165, 1.54) is 37.4 Å². The molecule has 2 N–H and O–H groups in total. The lowest BCUT2D eigenvalue weighted by Gasteiger charge is -2.47. The number of thioether (sulfide) groups is 1. The lowest BCUT2D eigenvalue weighted by molar-refractivity contribution is -0.132. The number of fused-ring (bicyclic) bond motifs is 1. The second kappa shape index (κ2) is 9.97. The number of ether oxygens (including phenoxy) is 1. The first kappa shape index (κ1) is 23.5. The van der Waals surface area contributed by atoms with E-state index >= 15 is 0 Å². The van der Waals surface area contributed by atoms with E-state index in [0.29, 0.717) is 11.8 Å². The van der Waals surface area contributed by atoms with Crippen LogP contribution >= 0.6 is 11.8 Å². The van der Waals surface area contributed by atoms with Crippen molar-refractivity contribution in [2.75, 3.05) is 19.8 Å². The predicted octanol–water partition coefficient (Wildman–Crippen LogP) is 2.00. The van der Waals surface area contributed by atoms with Crippen molar-refractivity contribution in [3.8, 4) is 0 Å². The third-order valence-corrected chi connectivity index (χ3v) is 8.15. The van der Waals surface area contributed by atoms with Gasteiger partial charge in [-0.2, -0.15) is 0 Å². The van der Waals surface area contributed by atoms with Gasteiger partial charge in [0, 0.05) is 6.54 Å². The Labute approximate surface area is 183 Å². The predicted molar refractivity (Wildman–Crippen MR) is 120 cm³/mol. The smallest absolute Gasteiger partial charge is 0.237 e. The molecule has 0 aromatic rings. The maximum Gasteiger partial charge on any atom is 0.237 e. The lowest BCUT2D eigenvalue weighted by Crippen LogP contribution is -2.58. The van der Waals surface area contributed by atoms with Crippen LogP contribution in [0.5, 0.6) is 0 Å². The van der Waals surface area contributed by atoms with Gasteiger partial charge in [0.05, 0.1) is 40.0 Å². The highest BCUT2D eigenvalue weighted by Gasteiger charge is 2.47. The highest BCUT2D eigenvalue weighted by Crippen LogP contribution is 2.42. The summed E-state index contributed by atoms with van der Waals surface area (Å²) in [5, 5.41) is 13.6. The average Bonchev–Trinajstić information content (AvgIpc) is 2.83. The quantitative estimate of drug-likeness (QED) is 0.669. The molecule has 2 saturated heterocycles. The Morgan fingerprint density at radius 2 is 1.90 bits per heavy atom. The molecule has 0 spiro atoms. The van der Waals surface area contributed by atoms with Crippen LogP contribution in [0.25, 0.3) is 0 Å². The number of aliphatic hydroxyl groups is 1. The number of nitrogens with one attached hydrogen (secondary N) is 1. The van der Waals surface area contributed by atoms with Gasteiger partial charge >= 0.3 is 0 Å². The fourth-order valence-corrected chi connectivity index (χ4v) is 6.31. The van der Waals surface area contributed by atoms with Crippen molar-refractivity contribution in [3.05, 3.63) is 0 Å². The Morgan fingerprint density at radius 3 is 2.55 bits per heavy atom. The zero-order chi connectivity index (χ0) is 21.3. The Morgan fingerprint density at radius 1 is 1.21 bits per heavy atom. The largest absolute Gasteiger partial charge is 0.390 e. The number of nitrogens with zero attached hydrogens (tertiary/aromatic N) is 1. The van der Waals surface area contributed by atoms with Gasteiger partial charge in [0.25, 0.3) is 0 Å². The SMILES string of the molecule is [B]C1C([B])C(C(NC(=O)[C@@H]2[C@@H]3CCCCCC3CN2C)C(C)C)OC(SC)C1O. The number of likely N-dealkylation sites (N-methyl/N-ethyl adjacent to an activating group) is 1. The summed E-state index contributed by atoms with van der Waals surface area (Å²) in [6.45, 7) is 5.14. The monoisotopic (exact) mass is 418 g/mol. The Hall–Kier alpha value is -0.170. The molecule has 0 aromatic carbocycles. The second-order valence-electron chi connectivity index (χ2n) is 9.57. The van der Waals surface area contributed by atoms with E-state index in [1.807, 2.05) is 6.26 Å². The number of rotatable bonds is 5. The average molecular weight is 418 g/mol. The van der Waals surface area contributed by atoms with Crippen LogP contribution in [0.15, 0.2) is 0 Å². The fraction of sp³-hybridized carbons (Fsp3) is 0.952. The summed E-state index contributed by atoms with van der Waals surface area (Å²) in [6.07, 6.45) is 6.77. The number of carbonyl (C=O) groups is 1. The van der Waals surface area contributed by atoms with Crippen molar-refractivity contribution in [2.24, 2.45) is 17.8 Å². The topological polar surface area (TPSA) is 61.8 Å². The van der Waals surface area contributed by atoms with E-state index in [0.717, 1.165) is 13.0 Å². The molecule has 3 rings (SSSR count). The molecule has 9 atom stereocenters. The first-order valence-corrected chi connectivity index (χ1v) is 12.4. The van der Waals surface area contributed by atoms with Gasteiger partial charge in [0.15, 0.2) is 0 Å². The minimum atomic E-state index is -0.813. The molecule has 2 heterocycles. The van der Waals surface area contributed by atoms with E-state index in [4.69, 9.17) is 20.4 Å². The van der Waals surface area contributed by atoms with Crippen LogP contribution < -0.4 is 5.32 Å². The van der Waals surface area contributed by atoms with Crippen molar-refractivity contribution in [1.82, 2.24) is 10.2 Å². The molecule has 2 aliphatic heterocycles. The van der Waals surface area contributed by atoms with Crippen molar-refractivity contribution in [2.45, 2.75) is 87.3 Å². The summed E-state index contributed by atoms with van der Waals surface area (Å²) in [5.74, 6) is 0.152. The Bertz CT molecular complexity index is 568. The van der Waals surface area contributed by atoms with Crippen molar-refractivity contribution in [1.29, 1.82) is 0 Å². The van der Waals surface area contributed by atoms with Crippen LogP contribution in [-0.4, -0.2) is 81.2 Å². The zero-order valence-corrected chi connectivity index (χ0v) is 19.1. The van der Waals surface area contributed by atoms with Gasteiger partial charge in [-0.25, -0.2) is 0 Å². The highest BCUT2D eigenvalue weighted by molar-refractivity contribution is 7.99. The highest BCUT2D eigenvalue weighted by atomic mass is 32.2. The Balaban J connectivity index is 1.75. The van der Waals surface area contributed by atoms with Gasteiger partial charge in [0.1, 0.15) is 5.44 Å². The molecular formula is C21H36B2N2O3S. The standard InChI is InChI=1S/C21H36B2N2O3S/c1-11(2)16(19-15(23)14(22)18(26)21(28-19)29-4)24-20(27)17-13-9-7-5-6-8-12(13)10-25(17)3/h11-19,21,26H,5-10H2,1-4H3,(H,24,27)/t12?,13-,14?,15?,16?,17+,18?,19?,21?/m1/s1. The minimum absolute atomic E-state index is 0.0804. The number of carbonyl (C=O) groups excluding carboxylic acids is 1. The van der Waals surface area contributed by atoms with Gasteiger partial charge in [0.2, 0.25) is 5.91 Å². The third-order valence-electron chi connectivity index (χ3n) is 7.29. The second-order valence-corrected chi connectivity index (χ2v) is 10.5. The normalized spacial score (nSPS) is 42.3. The van der Waals surface area contributed by atoms with E-state index in [2.05, 4.69) is 31.1 Å². The molecule has 3 aliphatic rings. The summed E-state index contributed by atoms with van der Waals surface area (Å²) in [7, 11) is 14.6. The molecule has 4 radical (unpaired) electrons. The molecule has 1 saturated carbocycles. The van der Waals surface area contributed by atoms with Crippen LogP contribution in [0.3, 0.4) is 0 Å². The molecule has 5 nitrogen and oxygen atoms in total. The molecule has 0 aromatic heterocycles. The van der Waals surface area contributed by atoms with E-state index in [9.17, 15) is 9.90 Å². The fourth-order valence-electron chi connectivity index (χ4n) is 5.61. The summed E-state index contributed by atoms with van der Waals surface area (Å²) in [6, 6.07) is -0.335. The van der Waals surface area contributed by atoms with Gasteiger partial charge in [-0.3, -0.25) is 9.69 Å². The number of aliphatic hydroxyl groups excluding tert-OH is 1. The maximum absolute atomic E-state index is 13.4. The number of likely N-dealkylation sites (tertiary alicyclic amines) is 1. The molecule has 7 unspecified atom stereocenters. The number of hydrogen-bond acceptors (Lipinski definition) is 5. The van der Waals surface area contributed by atoms with Crippen LogP contribution in [0.1, 0.15) is 46.0 Å². The summed E-state index contributed by atoms with van der Waals surface area (Å²) < 4.78 is 6.15. The lowest BCUT2D eigenvalue weighted by atomic mass is 9.59. The van der Waals surface area contributed by atoms with E-state index < -0.39 is 29.3 Å². The summed E-state index contributed by atoms with van der Waals surface area (Å²) in [5.41, 5.74) is -0.437. The molecule has 3 fully saturated rings. The molecule has 8 heteroatoms. The van der Waals surface area contributed by atoms with Crippen LogP contribution in [0, 0.1) is 17.8 Å². The third kappa shape index (κ3) is 4.86. The maximum atomic E-state index is 13.4. The first-order chi connectivity index (χ1) is 13.8. The summed E-state index contributed by atoms with van der Waals surface area (Å²) in [4.78, 5) is 15.7. The molecular weight excluding hydrogens is 382 g/mol. The summed E-state index contributed by atoms with van der Waals surface area (Å²) >= 11 is 1.43. The Kier molecular flexibility index (Phi) is 8.07. The molecule has 0 bridgehead atoms. The van der Waals surface area contributed by atoms with Gasteiger partial charge in [-0.05, 0) is 43.9 Å². The van der Waals surface area contributed by atoms with Gasteiger partial charge in [-0.15, -0.1) is 11.8 Å². The molecule has 160 valence electrons. The van der Waals surface area contributed by atoms with Crippen molar-refractivity contribution >= 4 is 33.4 Å². The van der Waals surface area contributed by atoms with E-state index in [1.54, 1.807) is 0 Å². The van der Waals surface area contributed by atoms with Crippen LogP contribution in [0.2, 0.25) is 11.6 Å². The molecule has 1 amide bonds. The number of hydrogen-bond donors (Lipinski definition) is 2. The van der Waals surface area contributed by atoms with Crippen molar-refractivity contribution in [3.63, 3.8) is 0 Å². The molecule has 1 aliphatic carbocycles. The molecule has 29 heavy (non-hydrogen) atoms. The van der Waals surface area contributed by atoms with E-state index in [-0.39, 0.29) is 23.9 Å². The minimum Gasteiger partial charge on any atom is -0.390 e. The zero-order valence-electron chi connectivity index (χ0n) is 18.3. The van der Waals surface area contributed by atoms with Crippen molar-refractivity contribution < 1.29 is 14.6 Å². The first-order valence-electron chi connectivity index (χ1n) is 11.1. The van der Waals surface area contributed by atoms with Gasteiger partial charge in [-0.1, -0.05) is 44.7 Å². The van der Waals surface area contributed by atoms with Crippen LogP contribution in [-0.2, 0) is 9.53 Å². The van der Waals surface area contributed by atoms with Crippen LogP contribution in [0.4, 0.5) is 0 Å². The van der Waals surface area contributed by atoms with Gasteiger partial charge < -0.3 is 15.2 Å². The number of amides is 1.